The Balaban J connectivity index is 0.00000243. The van der Waals surface area contributed by atoms with Gasteiger partial charge >= 0.3 is 5.97 Å². The minimum Gasteiger partial charge on any atom is -0.480 e. The fraction of sp³-hybridized carbons (Fsp3) is 0.474. The number of carbonyl (C=O) groups is 1. The molecule has 1 aromatic carbocycles. The van der Waals surface area contributed by atoms with E-state index in [1.54, 1.807) is 6.26 Å². The summed E-state index contributed by atoms with van der Waals surface area (Å²) in [6.07, 6.45) is 4.82. The number of rotatable bonds is 6. The van der Waals surface area contributed by atoms with Gasteiger partial charge in [-0.2, -0.15) is 0 Å². The van der Waals surface area contributed by atoms with Gasteiger partial charge in [0.05, 0.1) is 12.2 Å². The van der Waals surface area contributed by atoms with E-state index in [9.17, 15) is 4.79 Å². The molecule has 0 bridgehead atoms. The molecule has 142 valence electrons. The van der Waals surface area contributed by atoms with Gasteiger partial charge < -0.3 is 9.52 Å². The highest BCUT2D eigenvalue weighted by molar-refractivity contribution is 5.85. The number of likely N-dealkylation sites (N-methyl/N-ethyl adjacent to an activating group) is 1. The Labute approximate surface area is 160 Å². The van der Waals surface area contributed by atoms with Crippen LogP contribution >= 0.6 is 12.4 Å². The highest BCUT2D eigenvalue weighted by Crippen LogP contribution is 2.21. The maximum Gasteiger partial charge on any atom is 0.317 e. The number of likely N-dealkylation sites (tertiary alicyclic amines) is 1. The second-order valence-electron chi connectivity index (χ2n) is 6.68. The van der Waals surface area contributed by atoms with Crippen LogP contribution in [0.15, 0.2) is 41.0 Å². The zero-order valence-electron chi connectivity index (χ0n) is 15.0. The Morgan fingerprint density at radius 2 is 2.08 bits per heavy atom. The maximum atomic E-state index is 10.9. The smallest absolute Gasteiger partial charge is 0.317 e. The lowest BCUT2D eigenvalue weighted by Gasteiger charge is -2.25. The third-order valence-corrected chi connectivity index (χ3v) is 4.76. The van der Waals surface area contributed by atoms with Crippen LogP contribution in [0, 0.1) is 0 Å². The average Bonchev–Trinajstić information content (AvgIpc) is 2.93. The van der Waals surface area contributed by atoms with Gasteiger partial charge in [0.1, 0.15) is 6.26 Å². The van der Waals surface area contributed by atoms with Crippen molar-refractivity contribution >= 4 is 18.4 Å². The van der Waals surface area contributed by atoms with Gasteiger partial charge in [0.2, 0.25) is 5.89 Å². The number of aromatic nitrogens is 1. The number of hydrogen-bond acceptors (Lipinski definition) is 5. The molecule has 0 spiro atoms. The lowest BCUT2D eigenvalue weighted by atomic mass is 10.1. The lowest BCUT2D eigenvalue weighted by molar-refractivity contribution is -0.138. The molecule has 6 nitrogen and oxygen atoms in total. The second kappa shape index (κ2) is 9.71. The standard InChI is InChI=1S/C19H25N3O3.ClH/c1-21(13-18(23)24)17-8-5-10-22(11-9-17)12-16-14-25-19(20-16)15-6-3-2-4-7-15;/h2-4,6-7,14,17H,5,8-13H2,1H3,(H,23,24);1H. The maximum absolute atomic E-state index is 10.9. The van der Waals surface area contributed by atoms with E-state index in [0.717, 1.165) is 50.2 Å². The second-order valence-corrected chi connectivity index (χ2v) is 6.68. The van der Waals surface area contributed by atoms with Crippen molar-refractivity contribution in [2.24, 2.45) is 0 Å². The van der Waals surface area contributed by atoms with Crippen LogP contribution in [0.4, 0.5) is 0 Å². The first-order valence-electron chi connectivity index (χ1n) is 8.76. The van der Waals surface area contributed by atoms with Crippen LogP contribution in [0.5, 0.6) is 0 Å². The van der Waals surface area contributed by atoms with E-state index in [4.69, 9.17) is 9.52 Å². The molecule has 1 aliphatic heterocycles. The summed E-state index contributed by atoms with van der Waals surface area (Å²) < 4.78 is 5.62. The molecular formula is C19H26ClN3O3. The summed E-state index contributed by atoms with van der Waals surface area (Å²) in [6, 6.07) is 10.2. The van der Waals surface area contributed by atoms with Crippen molar-refractivity contribution in [3.63, 3.8) is 0 Å². The number of carboxylic acids is 1. The predicted octanol–water partition coefficient (Wildman–Crippen LogP) is 3.13. The zero-order valence-corrected chi connectivity index (χ0v) is 15.8. The van der Waals surface area contributed by atoms with Crippen molar-refractivity contribution in [2.75, 3.05) is 26.7 Å². The molecule has 1 aromatic heterocycles. The molecule has 2 aromatic rings. The van der Waals surface area contributed by atoms with Gasteiger partial charge in [-0.05, 0) is 45.0 Å². The SMILES string of the molecule is CN(CC(=O)O)C1CCCN(Cc2coc(-c3ccccc3)n2)CC1.Cl. The summed E-state index contributed by atoms with van der Waals surface area (Å²) in [5, 5.41) is 8.96. The molecular weight excluding hydrogens is 354 g/mol. The fourth-order valence-corrected chi connectivity index (χ4v) is 3.40. The first kappa shape index (κ1) is 20.4. The Bertz CT molecular complexity index is 692. The van der Waals surface area contributed by atoms with E-state index in [1.165, 1.54) is 0 Å². The average molecular weight is 380 g/mol. The van der Waals surface area contributed by atoms with Gasteiger partial charge in [-0.25, -0.2) is 4.98 Å². The molecule has 0 radical (unpaired) electrons. The highest BCUT2D eigenvalue weighted by atomic mass is 35.5. The molecule has 0 aliphatic carbocycles. The minimum atomic E-state index is -0.764. The number of carboxylic acid groups (broad SMARTS) is 1. The van der Waals surface area contributed by atoms with Gasteiger partial charge in [0.15, 0.2) is 0 Å². The number of nitrogens with zero attached hydrogens (tertiary/aromatic N) is 3. The number of aliphatic carboxylic acids is 1. The minimum absolute atomic E-state index is 0. The third kappa shape index (κ3) is 5.56. The summed E-state index contributed by atoms with van der Waals surface area (Å²) >= 11 is 0. The molecule has 1 atom stereocenters. The Morgan fingerprint density at radius 3 is 2.81 bits per heavy atom. The van der Waals surface area contributed by atoms with E-state index in [-0.39, 0.29) is 19.0 Å². The van der Waals surface area contributed by atoms with E-state index in [2.05, 4.69) is 9.88 Å². The number of hydrogen-bond donors (Lipinski definition) is 1. The Kier molecular flexibility index (Phi) is 7.63. The van der Waals surface area contributed by atoms with E-state index in [0.29, 0.717) is 11.9 Å². The fourth-order valence-electron chi connectivity index (χ4n) is 3.40. The Morgan fingerprint density at radius 1 is 1.31 bits per heavy atom. The molecule has 3 rings (SSSR count). The van der Waals surface area contributed by atoms with Crippen LogP contribution in [-0.4, -0.2) is 58.6 Å². The summed E-state index contributed by atoms with van der Waals surface area (Å²) in [4.78, 5) is 19.8. The third-order valence-electron chi connectivity index (χ3n) is 4.76. The van der Waals surface area contributed by atoms with Crippen molar-refractivity contribution < 1.29 is 14.3 Å². The molecule has 1 N–H and O–H groups in total. The molecule has 0 saturated carbocycles. The molecule has 2 heterocycles. The van der Waals surface area contributed by atoms with Gasteiger partial charge in [-0.3, -0.25) is 14.6 Å². The molecule has 26 heavy (non-hydrogen) atoms. The Hall–Kier alpha value is -1.89. The van der Waals surface area contributed by atoms with Crippen LogP contribution in [-0.2, 0) is 11.3 Å². The van der Waals surface area contributed by atoms with E-state index < -0.39 is 5.97 Å². The number of benzene rings is 1. The summed E-state index contributed by atoms with van der Waals surface area (Å²) in [5.74, 6) is -0.107. The van der Waals surface area contributed by atoms with Gasteiger partial charge in [0, 0.05) is 24.7 Å². The largest absolute Gasteiger partial charge is 0.480 e. The first-order chi connectivity index (χ1) is 12.1. The van der Waals surface area contributed by atoms with Crippen LogP contribution in [0.25, 0.3) is 11.5 Å². The van der Waals surface area contributed by atoms with Crippen molar-refractivity contribution in [3.05, 3.63) is 42.3 Å². The molecule has 1 fully saturated rings. The highest BCUT2D eigenvalue weighted by Gasteiger charge is 2.22. The van der Waals surface area contributed by atoms with Gasteiger partial charge in [-0.1, -0.05) is 18.2 Å². The molecule has 0 amide bonds. The van der Waals surface area contributed by atoms with Gasteiger partial charge in [0.25, 0.3) is 0 Å². The first-order valence-corrected chi connectivity index (χ1v) is 8.76. The monoisotopic (exact) mass is 379 g/mol. The summed E-state index contributed by atoms with van der Waals surface area (Å²) in [5.41, 5.74) is 1.93. The summed E-state index contributed by atoms with van der Waals surface area (Å²) in [6.45, 7) is 2.83. The molecule has 1 unspecified atom stereocenters. The van der Waals surface area contributed by atoms with Gasteiger partial charge in [-0.15, -0.1) is 12.4 Å². The number of halogens is 1. The predicted molar refractivity (Wildman–Crippen MR) is 102 cm³/mol. The quantitative estimate of drug-likeness (QED) is 0.831. The van der Waals surface area contributed by atoms with E-state index in [1.807, 2.05) is 42.3 Å². The molecule has 1 aliphatic rings. The van der Waals surface area contributed by atoms with Crippen molar-refractivity contribution in [1.82, 2.24) is 14.8 Å². The summed E-state index contributed by atoms with van der Waals surface area (Å²) in [7, 11) is 1.90. The van der Waals surface area contributed by atoms with Crippen LogP contribution in [0.2, 0.25) is 0 Å². The molecule has 1 saturated heterocycles. The number of oxazole rings is 1. The van der Waals surface area contributed by atoms with Crippen LogP contribution in [0.1, 0.15) is 25.0 Å². The van der Waals surface area contributed by atoms with Crippen molar-refractivity contribution in [3.8, 4) is 11.5 Å². The zero-order chi connectivity index (χ0) is 17.6. The van der Waals surface area contributed by atoms with Crippen molar-refractivity contribution in [2.45, 2.75) is 31.8 Å². The van der Waals surface area contributed by atoms with E-state index >= 15 is 0 Å². The topological polar surface area (TPSA) is 69.8 Å². The van der Waals surface area contributed by atoms with Crippen LogP contribution in [0.3, 0.4) is 0 Å². The van der Waals surface area contributed by atoms with Crippen molar-refractivity contribution in [1.29, 1.82) is 0 Å². The van der Waals surface area contributed by atoms with Crippen LogP contribution < -0.4 is 0 Å². The molecule has 7 heteroatoms. The normalized spacial score (nSPS) is 18.3. The lowest BCUT2D eigenvalue weighted by Crippen LogP contribution is -2.36.